The van der Waals surface area contributed by atoms with E-state index in [-0.39, 0.29) is 34.1 Å². The van der Waals surface area contributed by atoms with E-state index in [1.807, 2.05) is 0 Å². The van der Waals surface area contributed by atoms with E-state index in [9.17, 15) is 18.0 Å². The Morgan fingerprint density at radius 2 is 1.81 bits per heavy atom. The molecular weight excluding hydrogens is 380 g/mol. The van der Waals surface area contributed by atoms with Crippen molar-refractivity contribution in [2.24, 2.45) is 0 Å². The molecule has 0 fully saturated rings. The number of para-hydroxylation sites is 1. The first kappa shape index (κ1) is 19.7. The van der Waals surface area contributed by atoms with Gasteiger partial charge in [-0.25, -0.2) is 13.2 Å². The van der Waals surface area contributed by atoms with Crippen LogP contribution in [-0.2, 0) is 14.8 Å². The minimum atomic E-state index is -3.54. The van der Waals surface area contributed by atoms with Crippen molar-refractivity contribution in [3.8, 4) is 0 Å². The Hall–Kier alpha value is -2.58. The van der Waals surface area contributed by atoms with Crippen LogP contribution in [0.3, 0.4) is 0 Å². The number of benzene rings is 2. The molecule has 2 aromatic carbocycles. The fraction of sp³-hybridized carbons (Fsp3) is 0.176. The summed E-state index contributed by atoms with van der Waals surface area (Å²) in [6, 6.07) is 10.5. The number of anilines is 2. The summed E-state index contributed by atoms with van der Waals surface area (Å²) in [5.74, 6) is -1.07. The topological polar surface area (TPSA) is 102 Å². The van der Waals surface area contributed by atoms with Crippen LogP contribution in [0, 0.1) is 0 Å². The Balaban J connectivity index is 2.24. The normalized spacial score (nSPS) is 10.9. The molecule has 7 nitrogen and oxygen atoms in total. The van der Waals surface area contributed by atoms with E-state index in [0.29, 0.717) is 0 Å². The lowest BCUT2D eigenvalue weighted by Crippen LogP contribution is -2.17. The highest BCUT2D eigenvalue weighted by molar-refractivity contribution is 7.92. The lowest BCUT2D eigenvalue weighted by atomic mass is 10.1. The Kier molecular flexibility index (Phi) is 6.23. The average Bonchev–Trinajstić information content (AvgIpc) is 2.55. The standard InChI is InChI=1S/C17H17ClN2O5S/c1-3-25-17(22)11-8-9-15(13(18)10-11)19-16(21)12-6-4-5-7-14(12)20-26(2,23)24/h4-10,20H,3H2,1-2H3,(H,19,21). The van der Waals surface area contributed by atoms with Crippen molar-refractivity contribution >= 4 is 44.9 Å². The third-order valence-corrected chi connectivity index (χ3v) is 4.10. The van der Waals surface area contributed by atoms with Crippen molar-refractivity contribution in [1.82, 2.24) is 0 Å². The SMILES string of the molecule is CCOC(=O)c1ccc(NC(=O)c2ccccc2NS(C)(=O)=O)c(Cl)c1. The molecule has 0 bridgehead atoms. The Morgan fingerprint density at radius 1 is 1.12 bits per heavy atom. The molecule has 0 atom stereocenters. The van der Waals surface area contributed by atoms with Gasteiger partial charge in [-0.3, -0.25) is 9.52 Å². The van der Waals surface area contributed by atoms with Crippen molar-refractivity contribution in [2.75, 3.05) is 22.9 Å². The van der Waals surface area contributed by atoms with Crippen LogP contribution in [0.5, 0.6) is 0 Å². The second-order valence-corrected chi connectivity index (χ2v) is 7.44. The molecule has 0 unspecified atom stereocenters. The molecule has 0 spiro atoms. The first-order valence-corrected chi connectivity index (χ1v) is 9.83. The van der Waals surface area contributed by atoms with E-state index in [0.717, 1.165) is 6.26 Å². The highest BCUT2D eigenvalue weighted by Crippen LogP contribution is 2.25. The van der Waals surface area contributed by atoms with Gasteiger partial charge in [0, 0.05) is 0 Å². The number of carbonyl (C=O) groups excluding carboxylic acids is 2. The van der Waals surface area contributed by atoms with E-state index in [1.54, 1.807) is 19.1 Å². The van der Waals surface area contributed by atoms with Gasteiger partial charge in [-0.2, -0.15) is 0 Å². The monoisotopic (exact) mass is 396 g/mol. The Labute approximate surface area is 156 Å². The summed E-state index contributed by atoms with van der Waals surface area (Å²) in [5, 5.41) is 2.74. The number of nitrogens with one attached hydrogen (secondary N) is 2. The molecule has 138 valence electrons. The molecule has 0 radical (unpaired) electrons. The number of sulfonamides is 1. The molecule has 9 heteroatoms. The number of esters is 1. The van der Waals surface area contributed by atoms with Crippen molar-refractivity contribution in [1.29, 1.82) is 0 Å². The lowest BCUT2D eigenvalue weighted by molar-refractivity contribution is 0.0526. The summed E-state index contributed by atoms with van der Waals surface area (Å²) in [6.45, 7) is 1.93. The number of rotatable bonds is 6. The van der Waals surface area contributed by atoms with Crippen LogP contribution in [0.1, 0.15) is 27.6 Å². The molecule has 26 heavy (non-hydrogen) atoms. The summed E-state index contributed by atoms with van der Waals surface area (Å²) in [5.41, 5.74) is 0.808. The van der Waals surface area contributed by atoms with E-state index in [1.165, 1.54) is 30.3 Å². The molecule has 0 aliphatic heterocycles. The molecule has 0 saturated heterocycles. The molecule has 0 aliphatic rings. The summed E-state index contributed by atoms with van der Waals surface area (Å²) >= 11 is 6.12. The molecule has 0 aliphatic carbocycles. The second-order valence-electron chi connectivity index (χ2n) is 5.29. The molecule has 2 N–H and O–H groups in total. The highest BCUT2D eigenvalue weighted by Gasteiger charge is 2.16. The maximum Gasteiger partial charge on any atom is 0.338 e. The zero-order valence-corrected chi connectivity index (χ0v) is 15.6. The van der Waals surface area contributed by atoms with Gasteiger partial charge in [-0.1, -0.05) is 23.7 Å². The minimum absolute atomic E-state index is 0.128. The van der Waals surface area contributed by atoms with Gasteiger partial charge in [0.15, 0.2) is 0 Å². The summed E-state index contributed by atoms with van der Waals surface area (Å²) in [6.07, 6.45) is 0.993. The van der Waals surface area contributed by atoms with E-state index in [4.69, 9.17) is 16.3 Å². The molecule has 0 aromatic heterocycles. The molecule has 1 amide bonds. The van der Waals surface area contributed by atoms with E-state index in [2.05, 4.69) is 10.0 Å². The quantitative estimate of drug-likeness (QED) is 0.730. The van der Waals surface area contributed by atoms with Crippen LogP contribution in [0.25, 0.3) is 0 Å². The summed E-state index contributed by atoms with van der Waals surface area (Å²) < 4.78 is 30.0. The summed E-state index contributed by atoms with van der Waals surface area (Å²) in [7, 11) is -3.54. The van der Waals surface area contributed by atoms with Crippen molar-refractivity contribution < 1.29 is 22.7 Å². The predicted molar refractivity (Wildman–Crippen MR) is 100 cm³/mol. The zero-order chi connectivity index (χ0) is 19.3. The number of carbonyl (C=O) groups is 2. The van der Waals surface area contributed by atoms with Crippen molar-refractivity contribution in [3.63, 3.8) is 0 Å². The first-order chi connectivity index (χ1) is 12.2. The maximum atomic E-state index is 12.5. The van der Waals surface area contributed by atoms with E-state index >= 15 is 0 Å². The van der Waals surface area contributed by atoms with Crippen LogP contribution >= 0.6 is 11.6 Å². The Bertz CT molecular complexity index is 944. The molecule has 0 heterocycles. The number of halogens is 1. The van der Waals surface area contributed by atoms with Gasteiger partial charge in [0.1, 0.15) is 0 Å². The average molecular weight is 397 g/mol. The minimum Gasteiger partial charge on any atom is -0.462 e. The third-order valence-electron chi connectivity index (χ3n) is 3.20. The largest absolute Gasteiger partial charge is 0.462 e. The van der Waals surface area contributed by atoms with Gasteiger partial charge in [0.05, 0.1) is 40.4 Å². The highest BCUT2D eigenvalue weighted by atomic mass is 35.5. The van der Waals surface area contributed by atoms with E-state index < -0.39 is 21.9 Å². The van der Waals surface area contributed by atoms with Gasteiger partial charge < -0.3 is 10.1 Å². The molecule has 2 aromatic rings. The van der Waals surface area contributed by atoms with Gasteiger partial charge in [-0.05, 0) is 37.3 Å². The Morgan fingerprint density at radius 3 is 2.42 bits per heavy atom. The van der Waals surface area contributed by atoms with Crippen LogP contribution in [0.15, 0.2) is 42.5 Å². The second kappa shape index (κ2) is 8.20. The van der Waals surface area contributed by atoms with Gasteiger partial charge in [0.25, 0.3) is 5.91 Å². The molecule has 2 rings (SSSR count). The number of amides is 1. The van der Waals surface area contributed by atoms with Crippen LogP contribution in [0.4, 0.5) is 11.4 Å². The zero-order valence-electron chi connectivity index (χ0n) is 14.1. The predicted octanol–water partition coefficient (Wildman–Crippen LogP) is 3.14. The maximum absolute atomic E-state index is 12.5. The van der Waals surface area contributed by atoms with Crippen molar-refractivity contribution in [2.45, 2.75) is 6.92 Å². The van der Waals surface area contributed by atoms with Crippen LogP contribution in [0.2, 0.25) is 5.02 Å². The fourth-order valence-electron chi connectivity index (χ4n) is 2.12. The fourth-order valence-corrected chi connectivity index (χ4v) is 2.92. The number of ether oxygens (including phenoxy) is 1. The van der Waals surface area contributed by atoms with Crippen LogP contribution in [-0.4, -0.2) is 33.2 Å². The first-order valence-electron chi connectivity index (χ1n) is 7.56. The van der Waals surface area contributed by atoms with Crippen molar-refractivity contribution in [3.05, 3.63) is 58.6 Å². The number of hydrogen-bond donors (Lipinski definition) is 2. The lowest BCUT2D eigenvalue weighted by Gasteiger charge is -2.12. The summed E-state index contributed by atoms with van der Waals surface area (Å²) in [4.78, 5) is 24.2. The molecular formula is C17H17ClN2O5S. The smallest absolute Gasteiger partial charge is 0.338 e. The van der Waals surface area contributed by atoms with Gasteiger partial charge >= 0.3 is 5.97 Å². The van der Waals surface area contributed by atoms with Gasteiger partial charge in [-0.15, -0.1) is 0 Å². The third kappa shape index (κ3) is 5.21. The van der Waals surface area contributed by atoms with Crippen LogP contribution < -0.4 is 10.0 Å². The van der Waals surface area contributed by atoms with Gasteiger partial charge in [0.2, 0.25) is 10.0 Å². The molecule has 0 saturated carbocycles. The number of hydrogen-bond acceptors (Lipinski definition) is 5.